The number of aryl methyl sites for hydroxylation is 1. The van der Waals surface area contributed by atoms with Crippen LogP contribution < -0.4 is 11.1 Å². The Morgan fingerprint density at radius 3 is 2.42 bits per heavy atom. The molecule has 6 nitrogen and oxygen atoms in total. The Kier molecular flexibility index (Phi) is 9.39. The number of carbonyl (C=O) groups excluding carboxylic acids is 2. The van der Waals surface area contributed by atoms with Gasteiger partial charge in [-0.15, -0.1) is 0 Å². The first kappa shape index (κ1) is 26.7. The zero-order valence-corrected chi connectivity index (χ0v) is 21.2. The summed E-state index contributed by atoms with van der Waals surface area (Å²) >= 11 is 3.27. The third-order valence-corrected chi connectivity index (χ3v) is 5.98. The molecule has 2 amide bonds. The van der Waals surface area contributed by atoms with E-state index in [-0.39, 0.29) is 18.3 Å². The molecular weight excluding hydrogens is 525 g/mol. The van der Waals surface area contributed by atoms with Gasteiger partial charge < -0.3 is 21.1 Å². The Labute approximate surface area is 216 Å². The normalized spacial score (nSPS) is 10.1. The Morgan fingerprint density at radius 2 is 1.75 bits per heavy atom. The number of rotatable bonds is 5. The molecule has 0 atom stereocenters. The van der Waals surface area contributed by atoms with Crippen molar-refractivity contribution in [3.63, 3.8) is 0 Å². The highest BCUT2D eigenvalue weighted by molar-refractivity contribution is 9.10. The van der Waals surface area contributed by atoms with Crippen molar-refractivity contribution in [1.82, 2.24) is 10.3 Å². The summed E-state index contributed by atoms with van der Waals surface area (Å²) in [6.45, 7) is 0.188. The summed E-state index contributed by atoms with van der Waals surface area (Å²) in [4.78, 5) is 25.7. The largest absolute Gasteiger partial charge is 0.396 e. The molecule has 36 heavy (non-hydrogen) atoms. The second kappa shape index (κ2) is 12.7. The van der Waals surface area contributed by atoms with Gasteiger partial charge >= 0.3 is 0 Å². The highest BCUT2D eigenvalue weighted by Crippen LogP contribution is 2.20. The molecule has 0 aliphatic rings. The number of carbonyl (C=O) groups is 2. The van der Waals surface area contributed by atoms with E-state index in [0.29, 0.717) is 21.2 Å². The van der Waals surface area contributed by atoms with Crippen LogP contribution in [0.15, 0.2) is 71.3 Å². The van der Waals surface area contributed by atoms with E-state index in [1.165, 1.54) is 12.1 Å². The summed E-state index contributed by atoms with van der Waals surface area (Å²) in [6.07, 6.45) is 3.44. The van der Waals surface area contributed by atoms with Gasteiger partial charge in [0.25, 0.3) is 5.91 Å². The minimum absolute atomic E-state index is 0.140. The molecule has 0 aliphatic heterocycles. The molecule has 184 valence electrons. The quantitative estimate of drug-likeness (QED) is 0.274. The number of benzene rings is 3. The minimum Gasteiger partial charge on any atom is -0.396 e. The summed E-state index contributed by atoms with van der Waals surface area (Å²) in [7, 11) is 1.58. The standard InChI is InChI=1S/C17H13BrN2O2.C11H12FNO/c1-20-17(22)13-7-4-11(5-8-13)2-3-12-6-9-15(18)14(10-12)16(19)21;12-9-3-4-10-8(2-1-5-14)7-13-11(10)6-9/h4-10H,1H3,(H2,19,21)(H,20,22);3-4,6-7,13-14H,1-2,5H2. The van der Waals surface area contributed by atoms with E-state index >= 15 is 0 Å². The molecule has 0 radical (unpaired) electrons. The lowest BCUT2D eigenvalue weighted by Gasteiger charge is -2.00. The summed E-state index contributed by atoms with van der Waals surface area (Å²) in [5, 5.41) is 12.3. The molecule has 1 aromatic heterocycles. The second-order valence-corrected chi connectivity index (χ2v) is 8.65. The van der Waals surface area contributed by atoms with Gasteiger partial charge in [-0.3, -0.25) is 9.59 Å². The van der Waals surface area contributed by atoms with Crippen LogP contribution >= 0.6 is 15.9 Å². The maximum absolute atomic E-state index is 12.8. The lowest BCUT2D eigenvalue weighted by molar-refractivity contribution is 0.0961. The highest BCUT2D eigenvalue weighted by atomic mass is 79.9. The summed E-state index contributed by atoms with van der Waals surface area (Å²) in [5.74, 6) is 5.07. The molecular formula is C28H25BrFN3O3. The zero-order chi connectivity index (χ0) is 26.1. The van der Waals surface area contributed by atoms with E-state index in [2.05, 4.69) is 38.1 Å². The van der Waals surface area contributed by atoms with E-state index in [4.69, 9.17) is 10.8 Å². The Bertz CT molecular complexity index is 1440. The number of amides is 2. The molecule has 4 aromatic rings. The summed E-state index contributed by atoms with van der Waals surface area (Å²) in [6, 6.07) is 16.8. The SMILES string of the molecule is CNC(=O)c1ccc(C#Cc2ccc(Br)c(C(N)=O)c2)cc1.OCCCc1c[nH]c2cc(F)ccc12. The number of nitrogens with one attached hydrogen (secondary N) is 2. The van der Waals surface area contributed by atoms with Crippen LogP contribution in [0.2, 0.25) is 0 Å². The Morgan fingerprint density at radius 1 is 1.06 bits per heavy atom. The topological polar surface area (TPSA) is 108 Å². The van der Waals surface area contributed by atoms with Gasteiger partial charge in [0.2, 0.25) is 5.91 Å². The summed E-state index contributed by atoms with van der Waals surface area (Å²) in [5.41, 5.74) is 9.67. The average molecular weight is 550 g/mol. The first-order valence-electron chi connectivity index (χ1n) is 11.1. The molecule has 0 unspecified atom stereocenters. The first-order chi connectivity index (χ1) is 17.3. The molecule has 8 heteroatoms. The molecule has 0 saturated carbocycles. The van der Waals surface area contributed by atoms with Gasteiger partial charge in [0.05, 0.1) is 5.56 Å². The monoisotopic (exact) mass is 549 g/mol. The van der Waals surface area contributed by atoms with Crippen molar-refractivity contribution in [3.05, 3.63) is 105 Å². The van der Waals surface area contributed by atoms with E-state index in [1.54, 1.807) is 55.6 Å². The number of aliphatic hydroxyl groups is 1. The average Bonchev–Trinajstić information content (AvgIpc) is 3.28. The van der Waals surface area contributed by atoms with Crippen molar-refractivity contribution in [2.45, 2.75) is 12.8 Å². The van der Waals surface area contributed by atoms with Crippen molar-refractivity contribution in [2.24, 2.45) is 5.73 Å². The van der Waals surface area contributed by atoms with Gasteiger partial charge in [-0.05, 0) is 95.0 Å². The van der Waals surface area contributed by atoms with Crippen LogP contribution in [-0.2, 0) is 6.42 Å². The molecule has 1 heterocycles. The van der Waals surface area contributed by atoms with Crippen LogP contribution in [0.25, 0.3) is 10.9 Å². The maximum atomic E-state index is 12.8. The highest BCUT2D eigenvalue weighted by Gasteiger charge is 2.06. The molecule has 5 N–H and O–H groups in total. The maximum Gasteiger partial charge on any atom is 0.251 e. The van der Waals surface area contributed by atoms with Crippen LogP contribution in [0.5, 0.6) is 0 Å². The van der Waals surface area contributed by atoms with E-state index in [9.17, 15) is 14.0 Å². The van der Waals surface area contributed by atoms with Crippen molar-refractivity contribution in [1.29, 1.82) is 0 Å². The van der Waals surface area contributed by atoms with Crippen LogP contribution in [0.1, 0.15) is 43.8 Å². The minimum atomic E-state index is -0.509. The first-order valence-corrected chi connectivity index (χ1v) is 11.9. The fourth-order valence-electron chi connectivity index (χ4n) is 3.42. The molecule has 4 rings (SSSR count). The van der Waals surface area contributed by atoms with Crippen molar-refractivity contribution >= 4 is 38.6 Å². The second-order valence-electron chi connectivity index (χ2n) is 7.80. The number of aromatic amines is 1. The van der Waals surface area contributed by atoms with E-state index in [1.807, 2.05) is 6.20 Å². The molecule has 0 saturated heterocycles. The fraction of sp³-hybridized carbons (Fsp3) is 0.143. The fourth-order valence-corrected chi connectivity index (χ4v) is 3.86. The van der Waals surface area contributed by atoms with Crippen molar-refractivity contribution in [3.8, 4) is 11.8 Å². The number of aromatic nitrogens is 1. The third kappa shape index (κ3) is 7.04. The zero-order valence-electron chi connectivity index (χ0n) is 19.6. The van der Waals surface area contributed by atoms with Crippen molar-refractivity contribution in [2.75, 3.05) is 13.7 Å². The van der Waals surface area contributed by atoms with Crippen LogP contribution in [0.3, 0.4) is 0 Å². The van der Waals surface area contributed by atoms with E-state index < -0.39 is 5.91 Å². The molecule has 0 spiro atoms. The number of hydrogen-bond donors (Lipinski definition) is 4. The van der Waals surface area contributed by atoms with Gasteiger partial charge in [-0.2, -0.15) is 0 Å². The van der Waals surface area contributed by atoms with Gasteiger partial charge in [-0.1, -0.05) is 11.8 Å². The smallest absolute Gasteiger partial charge is 0.251 e. The Balaban J connectivity index is 0.000000221. The van der Waals surface area contributed by atoms with Crippen LogP contribution in [0.4, 0.5) is 4.39 Å². The predicted octanol–water partition coefficient (Wildman–Crippen LogP) is 4.54. The number of primary amides is 1. The van der Waals surface area contributed by atoms with Crippen molar-refractivity contribution < 1.29 is 19.1 Å². The lowest BCUT2D eigenvalue weighted by atomic mass is 10.1. The van der Waals surface area contributed by atoms with Gasteiger partial charge in [0, 0.05) is 51.9 Å². The van der Waals surface area contributed by atoms with Crippen LogP contribution in [-0.4, -0.2) is 35.6 Å². The number of aliphatic hydroxyl groups excluding tert-OH is 1. The number of nitrogens with two attached hydrogens (primary N) is 1. The van der Waals surface area contributed by atoms with Gasteiger partial charge in [0.1, 0.15) is 5.82 Å². The molecule has 0 fully saturated rings. The predicted molar refractivity (Wildman–Crippen MR) is 142 cm³/mol. The number of H-pyrrole nitrogens is 1. The lowest BCUT2D eigenvalue weighted by Crippen LogP contribution is -2.17. The summed E-state index contributed by atoms with van der Waals surface area (Å²) < 4.78 is 13.5. The number of halogens is 2. The molecule has 3 aromatic carbocycles. The van der Waals surface area contributed by atoms with Crippen LogP contribution in [0, 0.1) is 17.7 Å². The van der Waals surface area contributed by atoms with Gasteiger partial charge in [0.15, 0.2) is 0 Å². The van der Waals surface area contributed by atoms with Gasteiger partial charge in [-0.25, -0.2) is 4.39 Å². The molecule has 0 aliphatic carbocycles. The Hall–Kier alpha value is -3.93. The molecule has 0 bridgehead atoms. The number of hydrogen-bond acceptors (Lipinski definition) is 3. The number of fused-ring (bicyclic) bond motifs is 1. The third-order valence-electron chi connectivity index (χ3n) is 5.29. The van der Waals surface area contributed by atoms with E-state index in [0.717, 1.165) is 34.9 Å².